The van der Waals surface area contributed by atoms with Gasteiger partial charge in [-0.25, -0.2) is 4.39 Å². The molecule has 0 bridgehead atoms. The molecule has 2 aromatic rings. The molecule has 0 radical (unpaired) electrons. The molecule has 1 atom stereocenters. The molecule has 3 rings (SSSR count). The molecule has 1 fully saturated rings. The zero-order valence-corrected chi connectivity index (χ0v) is 21.8. The first-order chi connectivity index (χ1) is 15.4. The van der Waals surface area contributed by atoms with E-state index < -0.39 is 0 Å². The van der Waals surface area contributed by atoms with Gasteiger partial charge in [0.1, 0.15) is 11.6 Å². The Kier molecular flexibility index (Phi) is 10.9. The minimum absolute atomic E-state index is 0. The second-order valence-electron chi connectivity index (χ2n) is 8.16. The van der Waals surface area contributed by atoms with Crippen molar-refractivity contribution in [2.45, 2.75) is 52.1 Å². The van der Waals surface area contributed by atoms with E-state index in [1.165, 1.54) is 0 Å². The van der Waals surface area contributed by atoms with Gasteiger partial charge in [0.25, 0.3) is 5.91 Å². The van der Waals surface area contributed by atoms with Crippen LogP contribution in [0.5, 0.6) is 5.75 Å². The molecule has 0 saturated heterocycles. The van der Waals surface area contributed by atoms with E-state index in [4.69, 9.17) is 4.74 Å². The number of aliphatic imine (C=N–C) groups is 1. The molecule has 1 saturated carbocycles. The Morgan fingerprint density at radius 3 is 2.58 bits per heavy atom. The van der Waals surface area contributed by atoms with E-state index in [-0.39, 0.29) is 48.3 Å². The summed E-state index contributed by atoms with van der Waals surface area (Å²) >= 11 is 0. The van der Waals surface area contributed by atoms with E-state index in [1.807, 2.05) is 44.2 Å². The van der Waals surface area contributed by atoms with E-state index in [1.54, 1.807) is 19.1 Å². The molecule has 0 heterocycles. The predicted molar refractivity (Wildman–Crippen MR) is 141 cm³/mol. The highest BCUT2D eigenvalue weighted by atomic mass is 127. The van der Waals surface area contributed by atoms with Crippen LogP contribution in [-0.4, -0.2) is 37.6 Å². The van der Waals surface area contributed by atoms with Gasteiger partial charge < -0.3 is 20.7 Å². The molecule has 33 heavy (non-hydrogen) atoms. The van der Waals surface area contributed by atoms with E-state index in [0.29, 0.717) is 29.9 Å². The molecule has 180 valence electrons. The fraction of sp³-hybridized carbons (Fsp3) is 0.440. The van der Waals surface area contributed by atoms with Crippen molar-refractivity contribution in [1.29, 1.82) is 0 Å². The van der Waals surface area contributed by atoms with Gasteiger partial charge in [-0.2, -0.15) is 0 Å². The van der Waals surface area contributed by atoms with Crippen LogP contribution < -0.4 is 20.7 Å². The summed E-state index contributed by atoms with van der Waals surface area (Å²) in [6.07, 6.45) is 2.90. The third-order valence-corrected chi connectivity index (χ3v) is 5.30. The summed E-state index contributed by atoms with van der Waals surface area (Å²) in [4.78, 5) is 16.4. The van der Waals surface area contributed by atoms with Crippen molar-refractivity contribution in [3.05, 3.63) is 65.0 Å². The van der Waals surface area contributed by atoms with Gasteiger partial charge in [-0.15, -0.1) is 24.0 Å². The van der Waals surface area contributed by atoms with Crippen LogP contribution in [0.3, 0.4) is 0 Å². The van der Waals surface area contributed by atoms with E-state index in [9.17, 15) is 9.18 Å². The second kappa shape index (κ2) is 13.4. The lowest BCUT2D eigenvalue weighted by Crippen LogP contribution is -2.38. The summed E-state index contributed by atoms with van der Waals surface area (Å²) in [5.74, 6) is 1.10. The molecular formula is C25H34FIN4O2. The van der Waals surface area contributed by atoms with Crippen LogP contribution in [0.15, 0.2) is 47.5 Å². The maximum absolute atomic E-state index is 13.9. The number of amides is 1. The molecule has 1 aliphatic rings. The van der Waals surface area contributed by atoms with Gasteiger partial charge in [-0.1, -0.05) is 24.3 Å². The Morgan fingerprint density at radius 2 is 1.94 bits per heavy atom. The smallest absolute Gasteiger partial charge is 0.258 e. The van der Waals surface area contributed by atoms with E-state index in [0.717, 1.165) is 36.9 Å². The topological polar surface area (TPSA) is 74.8 Å². The van der Waals surface area contributed by atoms with Gasteiger partial charge in [0, 0.05) is 19.1 Å². The lowest BCUT2D eigenvalue weighted by molar-refractivity contribution is -0.123. The number of carbonyl (C=O) groups is 1. The van der Waals surface area contributed by atoms with Crippen LogP contribution in [0.2, 0.25) is 0 Å². The third-order valence-electron chi connectivity index (χ3n) is 5.30. The number of nitrogens with one attached hydrogen (secondary N) is 3. The normalized spacial score (nSPS) is 14.1. The second-order valence-corrected chi connectivity index (χ2v) is 8.16. The number of ether oxygens (including phenoxy) is 1. The first-order valence-corrected chi connectivity index (χ1v) is 11.3. The Balaban J connectivity index is 0.00000385. The molecule has 8 heteroatoms. The van der Waals surface area contributed by atoms with Crippen LogP contribution in [0.1, 0.15) is 49.4 Å². The van der Waals surface area contributed by atoms with Crippen molar-refractivity contribution >= 4 is 35.8 Å². The molecule has 0 aromatic heterocycles. The van der Waals surface area contributed by atoms with Crippen molar-refractivity contribution in [1.82, 2.24) is 16.0 Å². The Labute approximate surface area is 212 Å². The van der Waals surface area contributed by atoms with Gasteiger partial charge in [0.05, 0.1) is 6.04 Å². The first kappa shape index (κ1) is 26.9. The summed E-state index contributed by atoms with van der Waals surface area (Å²) in [7, 11) is 0. The van der Waals surface area contributed by atoms with Crippen molar-refractivity contribution in [3.8, 4) is 5.75 Å². The summed E-state index contributed by atoms with van der Waals surface area (Å²) in [6.45, 7) is 7.14. The van der Waals surface area contributed by atoms with Crippen molar-refractivity contribution in [2.75, 3.05) is 19.7 Å². The highest BCUT2D eigenvalue weighted by Crippen LogP contribution is 2.19. The molecule has 1 aliphatic carbocycles. The Morgan fingerprint density at radius 1 is 1.21 bits per heavy atom. The molecule has 1 unspecified atom stereocenters. The van der Waals surface area contributed by atoms with Crippen LogP contribution in [-0.2, 0) is 11.2 Å². The van der Waals surface area contributed by atoms with Crippen LogP contribution in [0, 0.1) is 12.7 Å². The predicted octanol–water partition coefficient (Wildman–Crippen LogP) is 4.27. The fourth-order valence-corrected chi connectivity index (χ4v) is 3.18. The average molecular weight is 568 g/mol. The molecule has 0 aliphatic heterocycles. The highest BCUT2D eigenvalue weighted by Gasteiger charge is 2.23. The number of hydrogen-bond donors (Lipinski definition) is 3. The monoisotopic (exact) mass is 568 g/mol. The van der Waals surface area contributed by atoms with E-state index >= 15 is 0 Å². The molecule has 3 N–H and O–H groups in total. The third kappa shape index (κ3) is 9.19. The number of aryl methyl sites for hydroxylation is 1. The van der Waals surface area contributed by atoms with Gasteiger partial charge in [0.2, 0.25) is 0 Å². The van der Waals surface area contributed by atoms with Crippen molar-refractivity contribution in [3.63, 3.8) is 0 Å². The minimum Gasteiger partial charge on any atom is -0.484 e. The van der Waals surface area contributed by atoms with Crippen LogP contribution >= 0.6 is 24.0 Å². The highest BCUT2D eigenvalue weighted by molar-refractivity contribution is 14.0. The number of nitrogens with zero attached hydrogens (tertiary/aromatic N) is 1. The summed E-state index contributed by atoms with van der Waals surface area (Å²) in [5.41, 5.74) is 2.65. The van der Waals surface area contributed by atoms with Crippen LogP contribution in [0.25, 0.3) is 0 Å². The average Bonchev–Trinajstić information content (AvgIpc) is 3.59. The van der Waals surface area contributed by atoms with Gasteiger partial charge >= 0.3 is 0 Å². The fourth-order valence-electron chi connectivity index (χ4n) is 3.18. The van der Waals surface area contributed by atoms with Crippen molar-refractivity contribution < 1.29 is 13.9 Å². The number of rotatable bonds is 10. The van der Waals surface area contributed by atoms with Gasteiger partial charge in [0.15, 0.2) is 12.6 Å². The van der Waals surface area contributed by atoms with Crippen molar-refractivity contribution in [2.24, 2.45) is 4.99 Å². The van der Waals surface area contributed by atoms with Gasteiger partial charge in [-0.3, -0.25) is 9.79 Å². The maximum atomic E-state index is 13.9. The van der Waals surface area contributed by atoms with Gasteiger partial charge in [-0.05, 0) is 74.9 Å². The lowest BCUT2D eigenvalue weighted by atomic mass is 10.1. The summed E-state index contributed by atoms with van der Waals surface area (Å²) in [5, 5.41) is 9.48. The maximum Gasteiger partial charge on any atom is 0.258 e. The summed E-state index contributed by atoms with van der Waals surface area (Å²) in [6, 6.07) is 13.3. The summed E-state index contributed by atoms with van der Waals surface area (Å²) < 4.78 is 19.4. The number of guanidine groups is 1. The SMILES string of the molecule is CCNC(=NCCc1ccc(OCC(=O)NC2CC2)cc1)NC(C)c1ccc(C)c(F)c1.I. The number of benzene rings is 2. The number of carbonyl (C=O) groups excluding carboxylic acids is 1. The number of halogens is 2. The zero-order chi connectivity index (χ0) is 22.9. The Bertz CT molecular complexity index is 933. The molecular weight excluding hydrogens is 534 g/mol. The quantitative estimate of drug-likeness (QED) is 0.228. The number of hydrogen-bond acceptors (Lipinski definition) is 3. The standard InChI is InChI=1S/C25H33FN4O2.HI/c1-4-27-25(29-18(3)20-8-5-17(2)23(26)15-20)28-14-13-19-6-11-22(12-7-19)32-16-24(31)30-21-9-10-21;/h5-8,11-12,15,18,21H,4,9-10,13-14,16H2,1-3H3,(H,30,31)(H2,27,28,29);1H. The van der Waals surface area contributed by atoms with E-state index in [2.05, 4.69) is 20.9 Å². The van der Waals surface area contributed by atoms with Crippen LogP contribution in [0.4, 0.5) is 4.39 Å². The molecule has 1 amide bonds. The largest absolute Gasteiger partial charge is 0.484 e. The minimum atomic E-state index is -0.200. The molecule has 2 aromatic carbocycles. The first-order valence-electron chi connectivity index (χ1n) is 11.3. The molecule has 0 spiro atoms. The zero-order valence-electron chi connectivity index (χ0n) is 19.5. The lowest BCUT2D eigenvalue weighted by Gasteiger charge is -2.18. The Hall–Kier alpha value is -2.36. The molecule has 6 nitrogen and oxygen atoms in total.